The zero-order valence-electron chi connectivity index (χ0n) is 14.0. The molecule has 0 spiro atoms. The molecule has 2 rings (SSSR count). The third kappa shape index (κ3) is 5.21. The number of nitrogen functional groups attached to an aromatic ring is 1. The molecule has 23 heavy (non-hydrogen) atoms. The maximum Gasteiger partial charge on any atom is 0.219 e. The second-order valence-electron chi connectivity index (χ2n) is 5.63. The van der Waals surface area contributed by atoms with Gasteiger partial charge in [0.15, 0.2) is 5.96 Å². The van der Waals surface area contributed by atoms with Crippen LogP contribution in [0.3, 0.4) is 0 Å². The molecule has 2 heterocycles. The predicted octanol–water partition coefficient (Wildman–Crippen LogP) is 1.32. The van der Waals surface area contributed by atoms with Crippen LogP contribution in [0, 0.1) is 0 Å². The maximum atomic E-state index is 6.14. The number of ether oxygens (including phenoxy) is 1. The second kappa shape index (κ2) is 8.47. The molecule has 126 valence electrons. The third-order valence-electron chi connectivity index (χ3n) is 3.82. The highest BCUT2D eigenvalue weighted by Crippen LogP contribution is 2.18. The van der Waals surface area contributed by atoms with E-state index >= 15 is 0 Å². The van der Waals surface area contributed by atoms with Crippen molar-refractivity contribution in [2.24, 2.45) is 10.7 Å². The molecule has 0 atom stereocenters. The van der Waals surface area contributed by atoms with E-state index in [1.165, 1.54) is 5.57 Å². The number of morpholine rings is 1. The predicted molar refractivity (Wildman–Crippen MR) is 91.8 cm³/mol. The number of nitrogens with zero attached hydrogens (tertiary/aromatic N) is 4. The van der Waals surface area contributed by atoms with Crippen molar-refractivity contribution in [3.05, 3.63) is 29.2 Å². The molecule has 4 N–H and O–H groups in total. The number of allylic oxidation sites excluding steroid dienone is 2. The largest absolute Gasteiger partial charge is 0.378 e. The molecule has 1 fully saturated rings. The van der Waals surface area contributed by atoms with Crippen molar-refractivity contribution in [2.75, 3.05) is 32.0 Å². The Labute approximate surface area is 137 Å². The first-order valence-electron chi connectivity index (χ1n) is 8.02. The van der Waals surface area contributed by atoms with Gasteiger partial charge in [-0.2, -0.15) is 0 Å². The fourth-order valence-corrected chi connectivity index (χ4v) is 2.52. The lowest BCUT2D eigenvalue weighted by atomic mass is 10.0. The van der Waals surface area contributed by atoms with Crippen LogP contribution in [0.25, 0.3) is 0 Å². The highest BCUT2D eigenvalue weighted by Gasteiger charge is 2.13. The van der Waals surface area contributed by atoms with Gasteiger partial charge in [-0.1, -0.05) is 13.3 Å². The van der Waals surface area contributed by atoms with Crippen molar-refractivity contribution in [3.63, 3.8) is 0 Å². The Morgan fingerprint density at radius 2 is 1.96 bits per heavy atom. The summed E-state index contributed by atoms with van der Waals surface area (Å²) in [6.07, 6.45) is 6.31. The van der Waals surface area contributed by atoms with Crippen molar-refractivity contribution < 1.29 is 4.74 Å². The Balaban J connectivity index is 2.15. The van der Waals surface area contributed by atoms with E-state index in [0.717, 1.165) is 43.6 Å². The summed E-state index contributed by atoms with van der Waals surface area (Å²) in [4.78, 5) is 14.8. The fraction of sp³-hybridized carbons (Fsp3) is 0.562. The molecule has 1 saturated heterocycles. The smallest absolute Gasteiger partial charge is 0.219 e. The van der Waals surface area contributed by atoms with Crippen LogP contribution in [0.5, 0.6) is 0 Å². The summed E-state index contributed by atoms with van der Waals surface area (Å²) >= 11 is 0. The number of nitrogens with two attached hydrogens (primary N) is 2. The first-order valence-corrected chi connectivity index (χ1v) is 8.02. The minimum atomic E-state index is 0.293. The standard InChI is InChI=1S/C16H26N6O/c1-3-4-14(9-13-10-19-15(17)20-11-13)12(2)21-16(18)22-5-7-23-8-6-22/h10-11H,3-9H2,1-2H3,(H2,18,21)(H2,17,19,20)/b14-12-. The second-order valence-corrected chi connectivity index (χ2v) is 5.63. The van der Waals surface area contributed by atoms with Crippen molar-refractivity contribution in [3.8, 4) is 0 Å². The first-order chi connectivity index (χ1) is 11.1. The highest BCUT2D eigenvalue weighted by molar-refractivity contribution is 5.79. The molecular weight excluding hydrogens is 292 g/mol. The Kier molecular flexibility index (Phi) is 6.34. The number of anilines is 1. The van der Waals surface area contributed by atoms with Crippen LogP contribution in [0.2, 0.25) is 0 Å². The number of aliphatic imine (C=N–C) groups is 1. The van der Waals surface area contributed by atoms with Gasteiger partial charge in [0.05, 0.1) is 13.2 Å². The molecule has 0 amide bonds. The summed E-state index contributed by atoms with van der Waals surface area (Å²) in [5.74, 6) is 0.856. The lowest BCUT2D eigenvalue weighted by Crippen LogP contribution is -2.44. The van der Waals surface area contributed by atoms with E-state index in [2.05, 4.69) is 26.8 Å². The zero-order chi connectivity index (χ0) is 16.7. The van der Waals surface area contributed by atoms with Crippen LogP contribution in [-0.4, -0.2) is 47.1 Å². The molecule has 1 aliphatic heterocycles. The summed E-state index contributed by atoms with van der Waals surface area (Å²) in [5.41, 5.74) is 14.9. The van der Waals surface area contributed by atoms with Gasteiger partial charge >= 0.3 is 0 Å². The minimum absolute atomic E-state index is 0.293. The number of hydrogen-bond donors (Lipinski definition) is 2. The number of hydrogen-bond acceptors (Lipinski definition) is 5. The lowest BCUT2D eigenvalue weighted by molar-refractivity contribution is 0.0675. The van der Waals surface area contributed by atoms with Gasteiger partial charge < -0.3 is 21.1 Å². The summed E-state index contributed by atoms with van der Waals surface area (Å²) in [6.45, 7) is 7.14. The Morgan fingerprint density at radius 3 is 2.57 bits per heavy atom. The van der Waals surface area contributed by atoms with E-state index in [1.54, 1.807) is 12.4 Å². The van der Waals surface area contributed by atoms with Gasteiger partial charge in [0, 0.05) is 31.2 Å². The molecule has 0 aromatic carbocycles. The fourth-order valence-electron chi connectivity index (χ4n) is 2.52. The van der Waals surface area contributed by atoms with Gasteiger partial charge in [-0.05, 0) is 30.9 Å². The monoisotopic (exact) mass is 318 g/mol. The maximum absolute atomic E-state index is 6.14. The van der Waals surface area contributed by atoms with Crippen molar-refractivity contribution in [1.82, 2.24) is 14.9 Å². The summed E-state index contributed by atoms with van der Waals surface area (Å²) in [7, 11) is 0. The van der Waals surface area contributed by atoms with E-state index in [0.29, 0.717) is 25.1 Å². The van der Waals surface area contributed by atoms with Crippen LogP contribution < -0.4 is 11.5 Å². The molecule has 0 bridgehead atoms. The van der Waals surface area contributed by atoms with Gasteiger partial charge in [-0.15, -0.1) is 0 Å². The molecule has 0 aliphatic carbocycles. The molecule has 1 aromatic rings. The molecular formula is C16H26N6O. The molecule has 0 unspecified atom stereocenters. The van der Waals surface area contributed by atoms with E-state index in [4.69, 9.17) is 16.2 Å². The third-order valence-corrected chi connectivity index (χ3v) is 3.82. The zero-order valence-corrected chi connectivity index (χ0v) is 14.0. The SMILES string of the molecule is CCC/C(Cc1cnc(N)nc1)=C(\C)N=C(N)N1CCOCC1. The van der Waals surface area contributed by atoms with E-state index < -0.39 is 0 Å². The number of rotatable bonds is 5. The highest BCUT2D eigenvalue weighted by atomic mass is 16.5. The normalized spacial score (nSPS) is 17.1. The van der Waals surface area contributed by atoms with Crippen molar-refractivity contribution in [1.29, 1.82) is 0 Å². The van der Waals surface area contributed by atoms with Gasteiger partial charge in [0.2, 0.25) is 5.95 Å². The molecule has 1 aliphatic rings. The summed E-state index contributed by atoms with van der Waals surface area (Å²) in [5, 5.41) is 0. The van der Waals surface area contributed by atoms with Gasteiger partial charge in [0.1, 0.15) is 0 Å². The molecule has 7 heteroatoms. The molecule has 0 saturated carbocycles. The van der Waals surface area contributed by atoms with Crippen LogP contribution in [-0.2, 0) is 11.2 Å². The van der Waals surface area contributed by atoms with Crippen LogP contribution >= 0.6 is 0 Å². The Morgan fingerprint density at radius 1 is 1.30 bits per heavy atom. The minimum Gasteiger partial charge on any atom is -0.378 e. The average molecular weight is 318 g/mol. The topological polar surface area (TPSA) is 103 Å². The molecule has 7 nitrogen and oxygen atoms in total. The van der Waals surface area contributed by atoms with Crippen LogP contribution in [0.1, 0.15) is 32.3 Å². The van der Waals surface area contributed by atoms with Crippen molar-refractivity contribution in [2.45, 2.75) is 33.1 Å². The Hall–Kier alpha value is -2.15. The van der Waals surface area contributed by atoms with E-state index in [-0.39, 0.29) is 0 Å². The van der Waals surface area contributed by atoms with Crippen LogP contribution in [0.4, 0.5) is 5.95 Å². The van der Waals surface area contributed by atoms with E-state index in [9.17, 15) is 0 Å². The van der Waals surface area contributed by atoms with Gasteiger partial charge in [-0.25, -0.2) is 15.0 Å². The van der Waals surface area contributed by atoms with Crippen molar-refractivity contribution >= 4 is 11.9 Å². The Bertz CT molecular complexity index is 560. The summed E-state index contributed by atoms with van der Waals surface area (Å²) < 4.78 is 5.34. The molecule has 1 aromatic heterocycles. The van der Waals surface area contributed by atoms with Gasteiger partial charge in [-0.3, -0.25) is 0 Å². The average Bonchev–Trinajstić information content (AvgIpc) is 2.57. The number of aromatic nitrogens is 2. The van der Waals surface area contributed by atoms with Gasteiger partial charge in [0.25, 0.3) is 0 Å². The molecule has 0 radical (unpaired) electrons. The number of guanidine groups is 1. The summed E-state index contributed by atoms with van der Waals surface area (Å²) in [6, 6.07) is 0. The van der Waals surface area contributed by atoms with Crippen LogP contribution in [0.15, 0.2) is 28.7 Å². The van der Waals surface area contributed by atoms with E-state index in [1.807, 2.05) is 6.92 Å². The quantitative estimate of drug-likeness (QED) is 0.627. The lowest BCUT2D eigenvalue weighted by Gasteiger charge is -2.27. The first kappa shape index (κ1) is 17.2.